The van der Waals surface area contributed by atoms with Gasteiger partial charge in [0.2, 0.25) is 10.0 Å². The van der Waals surface area contributed by atoms with Crippen LogP contribution in [0.2, 0.25) is 5.02 Å². The summed E-state index contributed by atoms with van der Waals surface area (Å²) in [5, 5.41) is 3.65. The fourth-order valence-electron chi connectivity index (χ4n) is 3.20. The molecular weight excluding hydrogens is 312 g/mol. The molecule has 2 heterocycles. The Balaban J connectivity index is 1.86. The van der Waals surface area contributed by atoms with E-state index >= 15 is 0 Å². The van der Waals surface area contributed by atoms with Crippen LogP contribution in [-0.4, -0.2) is 46.0 Å². The summed E-state index contributed by atoms with van der Waals surface area (Å²) < 4.78 is 32.1. The Morgan fingerprint density at radius 2 is 2.19 bits per heavy atom. The molecule has 1 atom stereocenters. The highest BCUT2D eigenvalue weighted by atomic mass is 35.5. The molecule has 1 N–H and O–H groups in total. The smallest absolute Gasteiger partial charge is 0.243 e. The monoisotopic (exact) mass is 330 g/mol. The van der Waals surface area contributed by atoms with E-state index < -0.39 is 10.0 Å². The zero-order valence-corrected chi connectivity index (χ0v) is 13.5. The molecule has 0 aliphatic carbocycles. The molecule has 21 heavy (non-hydrogen) atoms. The molecule has 1 unspecified atom stereocenters. The topological polar surface area (TPSA) is 58.6 Å². The van der Waals surface area contributed by atoms with E-state index in [-0.39, 0.29) is 10.3 Å². The molecule has 0 amide bonds. The first kappa shape index (κ1) is 15.1. The van der Waals surface area contributed by atoms with Gasteiger partial charge in [0.05, 0.1) is 17.0 Å². The van der Waals surface area contributed by atoms with E-state index in [0.29, 0.717) is 23.9 Å². The predicted octanol–water partition coefficient (Wildman–Crippen LogP) is 1.72. The number of rotatable bonds is 3. The minimum atomic E-state index is -3.48. The molecule has 1 aromatic carbocycles. The van der Waals surface area contributed by atoms with E-state index in [0.717, 1.165) is 25.9 Å². The van der Waals surface area contributed by atoms with Crippen molar-refractivity contribution >= 4 is 21.6 Å². The second kappa shape index (κ2) is 5.43. The van der Waals surface area contributed by atoms with Gasteiger partial charge in [-0.25, -0.2) is 8.42 Å². The lowest BCUT2D eigenvalue weighted by Gasteiger charge is -2.22. The van der Waals surface area contributed by atoms with E-state index in [1.165, 1.54) is 13.2 Å². The van der Waals surface area contributed by atoms with Crippen molar-refractivity contribution in [3.8, 4) is 5.75 Å². The molecule has 2 aliphatic rings. The third-order valence-electron chi connectivity index (χ3n) is 4.50. The Morgan fingerprint density at radius 1 is 1.38 bits per heavy atom. The maximum atomic E-state index is 12.7. The Kier molecular flexibility index (Phi) is 3.90. The summed E-state index contributed by atoms with van der Waals surface area (Å²) >= 11 is 6.04. The molecule has 1 aromatic rings. The Bertz CT molecular complexity index is 642. The minimum Gasteiger partial charge on any atom is -0.495 e. The van der Waals surface area contributed by atoms with Gasteiger partial charge < -0.3 is 10.1 Å². The van der Waals surface area contributed by atoms with Gasteiger partial charge in [-0.05, 0) is 43.0 Å². The molecule has 0 radical (unpaired) electrons. The van der Waals surface area contributed by atoms with Gasteiger partial charge in [0.15, 0.2) is 0 Å². The van der Waals surface area contributed by atoms with Crippen molar-refractivity contribution in [2.45, 2.75) is 17.7 Å². The number of methoxy groups -OCH3 is 1. The summed E-state index contributed by atoms with van der Waals surface area (Å²) in [6, 6.07) is 4.61. The number of halogens is 1. The third-order valence-corrected chi connectivity index (χ3v) is 6.63. The molecule has 1 spiro atoms. The summed E-state index contributed by atoms with van der Waals surface area (Å²) in [4.78, 5) is 0.233. The third kappa shape index (κ3) is 2.65. The Hall–Kier alpha value is -0.820. The summed E-state index contributed by atoms with van der Waals surface area (Å²) in [5.41, 5.74) is 0.114. The Labute approximate surface area is 130 Å². The van der Waals surface area contributed by atoms with Gasteiger partial charge in [0, 0.05) is 19.6 Å². The maximum absolute atomic E-state index is 12.7. The lowest BCUT2D eigenvalue weighted by atomic mass is 9.87. The van der Waals surface area contributed by atoms with Crippen molar-refractivity contribution < 1.29 is 13.2 Å². The van der Waals surface area contributed by atoms with Crippen LogP contribution < -0.4 is 10.1 Å². The van der Waals surface area contributed by atoms with E-state index in [4.69, 9.17) is 16.3 Å². The molecule has 5 nitrogen and oxygen atoms in total. The van der Waals surface area contributed by atoms with Crippen molar-refractivity contribution in [3.63, 3.8) is 0 Å². The highest BCUT2D eigenvalue weighted by Crippen LogP contribution is 2.39. The molecular formula is C14H19ClN2O3S. The first-order chi connectivity index (χ1) is 9.97. The zero-order valence-electron chi connectivity index (χ0n) is 11.9. The number of sulfonamides is 1. The van der Waals surface area contributed by atoms with Crippen molar-refractivity contribution in [3.05, 3.63) is 23.2 Å². The molecule has 0 aromatic heterocycles. The molecule has 0 bridgehead atoms. The van der Waals surface area contributed by atoms with Gasteiger partial charge in [0.1, 0.15) is 5.75 Å². The highest BCUT2D eigenvalue weighted by molar-refractivity contribution is 7.89. The normalized spacial score (nSPS) is 26.6. The van der Waals surface area contributed by atoms with Gasteiger partial charge in [-0.15, -0.1) is 0 Å². The quantitative estimate of drug-likeness (QED) is 0.917. The number of hydrogen-bond acceptors (Lipinski definition) is 4. The van der Waals surface area contributed by atoms with E-state index in [1.807, 2.05) is 0 Å². The number of ether oxygens (including phenoxy) is 1. The second-order valence-electron chi connectivity index (χ2n) is 5.81. The van der Waals surface area contributed by atoms with Crippen LogP contribution >= 0.6 is 11.6 Å². The SMILES string of the molecule is COc1ccc(S(=O)(=O)N2CCC3(CCNC3)C2)cc1Cl. The van der Waals surface area contributed by atoms with Crippen molar-refractivity contribution in [1.82, 2.24) is 9.62 Å². The first-order valence-corrected chi connectivity index (χ1v) is 8.83. The number of hydrogen-bond donors (Lipinski definition) is 1. The van der Waals surface area contributed by atoms with Crippen molar-refractivity contribution in [1.29, 1.82) is 0 Å². The molecule has 0 saturated carbocycles. The average Bonchev–Trinajstić information content (AvgIpc) is 3.10. The predicted molar refractivity (Wildman–Crippen MR) is 81.3 cm³/mol. The summed E-state index contributed by atoms with van der Waals surface area (Å²) in [6.07, 6.45) is 1.96. The lowest BCUT2D eigenvalue weighted by Crippen LogP contribution is -2.33. The molecule has 7 heteroatoms. The average molecular weight is 331 g/mol. The van der Waals surface area contributed by atoms with Crippen molar-refractivity contribution in [2.75, 3.05) is 33.3 Å². The van der Waals surface area contributed by atoms with Gasteiger partial charge in [-0.1, -0.05) is 11.6 Å². The molecule has 3 rings (SSSR count). The lowest BCUT2D eigenvalue weighted by molar-refractivity contribution is 0.338. The first-order valence-electron chi connectivity index (χ1n) is 7.01. The van der Waals surface area contributed by atoms with E-state index in [1.54, 1.807) is 16.4 Å². The fraction of sp³-hybridized carbons (Fsp3) is 0.571. The van der Waals surface area contributed by atoms with Crippen LogP contribution in [-0.2, 0) is 10.0 Å². The van der Waals surface area contributed by atoms with Gasteiger partial charge in [0.25, 0.3) is 0 Å². The summed E-state index contributed by atoms with van der Waals surface area (Å²) in [7, 11) is -1.98. The standard InChI is InChI=1S/C14H19ClN2O3S/c1-20-13-3-2-11(8-12(13)15)21(18,19)17-7-5-14(10-17)4-6-16-9-14/h2-3,8,16H,4-7,9-10H2,1H3. The van der Waals surface area contributed by atoms with Crippen LogP contribution in [0.15, 0.2) is 23.1 Å². The summed E-state index contributed by atoms with van der Waals surface area (Å²) in [6.45, 7) is 3.05. The van der Waals surface area contributed by atoms with Crippen LogP contribution in [0, 0.1) is 5.41 Å². The number of benzene rings is 1. The Morgan fingerprint density at radius 3 is 2.81 bits per heavy atom. The van der Waals surface area contributed by atoms with Crippen molar-refractivity contribution in [2.24, 2.45) is 5.41 Å². The maximum Gasteiger partial charge on any atom is 0.243 e. The van der Waals surface area contributed by atoms with Gasteiger partial charge in [-0.2, -0.15) is 4.31 Å². The van der Waals surface area contributed by atoms with Crippen LogP contribution in [0.1, 0.15) is 12.8 Å². The van der Waals surface area contributed by atoms with Crippen LogP contribution in [0.25, 0.3) is 0 Å². The molecule has 2 fully saturated rings. The molecule has 2 saturated heterocycles. The van der Waals surface area contributed by atoms with Crippen LogP contribution in [0.5, 0.6) is 5.75 Å². The van der Waals surface area contributed by atoms with E-state index in [2.05, 4.69) is 5.32 Å². The molecule has 2 aliphatic heterocycles. The van der Waals surface area contributed by atoms with E-state index in [9.17, 15) is 8.42 Å². The zero-order chi connectivity index (χ0) is 15.1. The van der Waals surface area contributed by atoms with Crippen LogP contribution in [0.4, 0.5) is 0 Å². The van der Waals surface area contributed by atoms with Gasteiger partial charge in [-0.3, -0.25) is 0 Å². The highest BCUT2D eigenvalue weighted by Gasteiger charge is 2.44. The summed E-state index contributed by atoms with van der Waals surface area (Å²) in [5.74, 6) is 0.480. The number of nitrogens with one attached hydrogen (secondary N) is 1. The second-order valence-corrected chi connectivity index (χ2v) is 8.16. The van der Waals surface area contributed by atoms with Crippen LogP contribution in [0.3, 0.4) is 0 Å². The minimum absolute atomic E-state index is 0.114. The molecule has 116 valence electrons. The fourth-order valence-corrected chi connectivity index (χ4v) is 5.10. The van der Waals surface area contributed by atoms with Gasteiger partial charge >= 0.3 is 0 Å². The largest absolute Gasteiger partial charge is 0.495 e. The number of nitrogens with zero attached hydrogens (tertiary/aromatic N) is 1.